The van der Waals surface area contributed by atoms with Crippen molar-refractivity contribution in [3.8, 4) is 0 Å². The summed E-state index contributed by atoms with van der Waals surface area (Å²) in [4.78, 5) is 0. The van der Waals surface area contributed by atoms with Crippen molar-refractivity contribution in [2.24, 2.45) is 7.05 Å². The van der Waals surface area contributed by atoms with Crippen LogP contribution in [0.2, 0.25) is 0 Å². The normalized spacial score (nSPS) is 11.0. The van der Waals surface area contributed by atoms with Gasteiger partial charge >= 0.3 is 0 Å². The molecule has 0 aliphatic rings. The van der Waals surface area contributed by atoms with Crippen LogP contribution in [0.15, 0.2) is 12.3 Å². The lowest BCUT2D eigenvalue weighted by Gasteiger charge is -2.07. The summed E-state index contributed by atoms with van der Waals surface area (Å²) < 4.78 is 1.92. The molecule has 68 valence electrons. The lowest BCUT2D eigenvalue weighted by atomic mass is 10.3. The van der Waals surface area contributed by atoms with E-state index < -0.39 is 0 Å². The summed E-state index contributed by atoms with van der Waals surface area (Å²) in [5.74, 6) is 0. The molecule has 1 rings (SSSR count). The van der Waals surface area contributed by atoms with E-state index in [2.05, 4.69) is 30.3 Å². The van der Waals surface area contributed by atoms with Crippen molar-refractivity contribution < 1.29 is 0 Å². The van der Waals surface area contributed by atoms with E-state index in [1.54, 1.807) is 0 Å². The molecule has 12 heavy (non-hydrogen) atoms. The summed E-state index contributed by atoms with van der Waals surface area (Å²) in [7, 11) is 1.98. The van der Waals surface area contributed by atoms with Crippen molar-refractivity contribution in [2.45, 2.75) is 26.3 Å². The van der Waals surface area contributed by atoms with Crippen LogP contribution in [-0.4, -0.2) is 22.4 Å². The predicted octanol–water partition coefficient (Wildman–Crippen LogP) is 0.961. The van der Waals surface area contributed by atoms with Crippen molar-refractivity contribution in [3.05, 3.63) is 18.0 Å². The second-order valence-corrected chi connectivity index (χ2v) is 3.30. The van der Waals surface area contributed by atoms with E-state index in [1.165, 1.54) is 5.69 Å². The summed E-state index contributed by atoms with van der Waals surface area (Å²) in [5, 5.41) is 7.47. The molecule has 0 aliphatic carbocycles. The highest BCUT2D eigenvalue weighted by Gasteiger charge is 1.97. The summed E-state index contributed by atoms with van der Waals surface area (Å²) in [6.07, 6.45) is 2.89. The first-order valence-corrected chi connectivity index (χ1v) is 4.40. The zero-order chi connectivity index (χ0) is 8.97. The van der Waals surface area contributed by atoms with Gasteiger partial charge in [0, 0.05) is 37.9 Å². The largest absolute Gasteiger partial charge is 0.314 e. The fourth-order valence-electron chi connectivity index (χ4n) is 1.14. The maximum Gasteiger partial charge on any atom is 0.0492 e. The van der Waals surface area contributed by atoms with Gasteiger partial charge in [-0.1, -0.05) is 13.8 Å². The van der Waals surface area contributed by atoms with Gasteiger partial charge in [-0.2, -0.15) is 5.10 Å². The Bertz CT molecular complexity index is 227. The molecule has 0 unspecified atom stereocenters. The van der Waals surface area contributed by atoms with Gasteiger partial charge < -0.3 is 5.32 Å². The molecule has 0 saturated carbocycles. The lowest BCUT2D eigenvalue weighted by Crippen LogP contribution is -2.25. The summed E-state index contributed by atoms with van der Waals surface area (Å²) >= 11 is 0. The molecular formula is C9H17N3. The third-order valence-corrected chi connectivity index (χ3v) is 1.86. The Labute approximate surface area is 73.8 Å². The van der Waals surface area contributed by atoms with Gasteiger partial charge in [0.2, 0.25) is 0 Å². The summed E-state index contributed by atoms with van der Waals surface area (Å²) in [6.45, 7) is 5.34. The van der Waals surface area contributed by atoms with Crippen LogP contribution in [0.1, 0.15) is 19.5 Å². The molecule has 0 fully saturated rings. The number of aryl methyl sites for hydroxylation is 1. The van der Waals surface area contributed by atoms with E-state index >= 15 is 0 Å². The molecule has 3 heteroatoms. The third kappa shape index (κ3) is 2.66. The average Bonchev–Trinajstić information content (AvgIpc) is 2.36. The summed E-state index contributed by atoms with van der Waals surface area (Å²) in [6, 6.07) is 2.63. The zero-order valence-electron chi connectivity index (χ0n) is 8.04. The molecule has 3 nitrogen and oxygen atoms in total. The second-order valence-electron chi connectivity index (χ2n) is 3.30. The molecule has 0 atom stereocenters. The van der Waals surface area contributed by atoms with Gasteiger partial charge in [-0.25, -0.2) is 0 Å². The minimum absolute atomic E-state index is 0.568. The molecule has 0 bridgehead atoms. The number of hydrogen-bond acceptors (Lipinski definition) is 2. The fraction of sp³-hybridized carbons (Fsp3) is 0.667. The van der Waals surface area contributed by atoms with Crippen molar-refractivity contribution in [1.82, 2.24) is 15.1 Å². The zero-order valence-corrected chi connectivity index (χ0v) is 8.04. The van der Waals surface area contributed by atoms with E-state index in [0.29, 0.717) is 6.04 Å². The number of rotatable bonds is 4. The number of nitrogens with zero attached hydrogens (tertiary/aromatic N) is 2. The van der Waals surface area contributed by atoms with Crippen molar-refractivity contribution in [3.63, 3.8) is 0 Å². The Morgan fingerprint density at radius 2 is 2.33 bits per heavy atom. The monoisotopic (exact) mass is 167 g/mol. The average molecular weight is 167 g/mol. The highest BCUT2D eigenvalue weighted by atomic mass is 15.3. The highest BCUT2D eigenvalue weighted by molar-refractivity contribution is 5.00. The molecule has 0 aromatic carbocycles. The van der Waals surface area contributed by atoms with Gasteiger partial charge in [0.1, 0.15) is 0 Å². The number of nitrogens with one attached hydrogen (secondary N) is 1. The first-order chi connectivity index (χ1) is 5.70. The van der Waals surface area contributed by atoms with Crippen molar-refractivity contribution in [1.29, 1.82) is 0 Å². The third-order valence-electron chi connectivity index (χ3n) is 1.86. The van der Waals surface area contributed by atoms with Gasteiger partial charge in [0.05, 0.1) is 0 Å². The van der Waals surface area contributed by atoms with Crippen LogP contribution in [0, 0.1) is 0 Å². The fourth-order valence-corrected chi connectivity index (χ4v) is 1.14. The second kappa shape index (κ2) is 4.26. The maximum absolute atomic E-state index is 4.10. The van der Waals surface area contributed by atoms with Crippen molar-refractivity contribution in [2.75, 3.05) is 6.54 Å². The van der Waals surface area contributed by atoms with E-state index in [4.69, 9.17) is 0 Å². The highest BCUT2D eigenvalue weighted by Crippen LogP contribution is 1.96. The van der Waals surface area contributed by atoms with Crippen LogP contribution < -0.4 is 5.32 Å². The van der Waals surface area contributed by atoms with Gasteiger partial charge in [-0.05, 0) is 6.07 Å². The van der Waals surface area contributed by atoms with Crippen LogP contribution >= 0.6 is 0 Å². The standard InChI is InChI=1S/C9H17N3/c1-8(2)10-6-4-9-5-7-11-12(9)3/h5,7-8,10H,4,6H2,1-3H3. The SMILES string of the molecule is CC(C)NCCc1ccnn1C. The summed E-state index contributed by atoms with van der Waals surface area (Å²) in [5.41, 5.74) is 1.28. The van der Waals surface area contributed by atoms with Gasteiger partial charge in [-0.15, -0.1) is 0 Å². The van der Waals surface area contributed by atoms with E-state index in [0.717, 1.165) is 13.0 Å². The first-order valence-electron chi connectivity index (χ1n) is 4.40. The first kappa shape index (κ1) is 9.26. The van der Waals surface area contributed by atoms with Crippen molar-refractivity contribution >= 4 is 0 Å². The Hall–Kier alpha value is -0.830. The Morgan fingerprint density at radius 3 is 2.83 bits per heavy atom. The minimum Gasteiger partial charge on any atom is -0.314 e. The number of hydrogen-bond donors (Lipinski definition) is 1. The molecule has 0 saturated heterocycles. The molecular weight excluding hydrogens is 150 g/mol. The van der Waals surface area contributed by atoms with Crippen LogP contribution in [0.25, 0.3) is 0 Å². The maximum atomic E-state index is 4.10. The quantitative estimate of drug-likeness (QED) is 0.724. The molecule has 0 amide bonds. The molecule has 0 aliphatic heterocycles. The Morgan fingerprint density at radius 1 is 1.58 bits per heavy atom. The molecule has 1 N–H and O–H groups in total. The minimum atomic E-state index is 0.568. The van der Waals surface area contributed by atoms with Crippen LogP contribution in [-0.2, 0) is 13.5 Å². The Balaban J connectivity index is 2.29. The van der Waals surface area contributed by atoms with Gasteiger partial charge in [0.25, 0.3) is 0 Å². The van der Waals surface area contributed by atoms with E-state index in [9.17, 15) is 0 Å². The molecule has 0 spiro atoms. The molecule has 0 radical (unpaired) electrons. The van der Waals surface area contributed by atoms with E-state index in [1.807, 2.05) is 17.9 Å². The lowest BCUT2D eigenvalue weighted by molar-refractivity contribution is 0.576. The topological polar surface area (TPSA) is 29.9 Å². The predicted molar refractivity (Wildman–Crippen MR) is 50.1 cm³/mol. The number of aromatic nitrogens is 2. The van der Waals surface area contributed by atoms with Gasteiger partial charge in [-0.3, -0.25) is 4.68 Å². The molecule has 1 aromatic rings. The van der Waals surface area contributed by atoms with Crippen LogP contribution in [0.4, 0.5) is 0 Å². The molecule has 1 heterocycles. The molecule has 1 aromatic heterocycles. The van der Waals surface area contributed by atoms with Crippen LogP contribution in [0.5, 0.6) is 0 Å². The van der Waals surface area contributed by atoms with Crippen LogP contribution in [0.3, 0.4) is 0 Å². The Kier molecular flexibility index (Phi) is 3.29. The van der Waals surface area contributed by atoms with Gasteiger partial charge in [0.15, 0.2) is 0 Å². The van der Waals surface area contributed by atoms with E-state index in [-0.39, 0.29) is 0 Å². The smallest absolute Gasteiger partial charge is 0.0492 e.